The third kappa shape index (κ3) is 2.40. The predicted octanol–water partition coefficient (Wildman–Crippen LogP) is 3.09. The van der Waals surface area contributed by atoms with Crippen molar-refractivity contribution in [1.29, 1.82) is 0 Å². The molecule has 1 saturated heterocycles. The van der Waals surface area contributed by atoms with Crippen molar-refractivity contribution in [2.75, 3.05) is 6.61 Å². The van der Waals surface area contributed by atoms with Gasteiger partial charge in [0.1, 0.15) is 11.6 Å². The summed E-state index contributed by atoms with van der Waals surface area (Å²) in [4.78, 5) is 0. The van der Waals surface area contributed by atoms with E-state index >= 15 is 0 Å². The molecule has 2 nitrogen and oxygen atoms in total. The van der Waals surface area contributed by atoms with Gasteiger partial charge in [0.05, 0.1) is 6.10 Å². The molecule has 1 aliphatic rings. The highest BCUT2D eigenvalue weighted by Gasteiger charge is 2.33. The highest BCUT2D eigenvalue weighted by molar-refractivity contribution is 5.28. The van der Waals surface area contributed by atoms with Gasteiger partial charge in [-0.1, -0.05) is 6.92 Å². The van der Waals surface area contributed by atoms with Gasteiger partial charge in [-0.15, -0.1) is 0 Å². The van der Waals surface area contributed by atoms with Gasteiger partial charge in [0.2, 0.25) is 0 Å². The summed E-state index contributed by atoms with van der Waals surface area (Å²) >= 11 is 0. The van der Waals surface area contributed by atoms with E-state index in [1.54, 1.807) is 6.92 Å². The Kier molecular flexibility index (Phi) is 3.97. The first-order chi connectivity index (χ1) is 8.54. The number of hydrogen-bond donors (Lipinski definition) is 1. The van der Waals surface area contributed by atoms with E-state index in [1.807, 2.05) is 6.92 Å². The van der Waals surface area contributed by atoms with Crippen molar-refractivity contribution in [3.05, 3.63) is 34.9 Å². The van der Waals surface area contributed by atoms with E-state index in [0.717, 1.165) is 18.9 Å². The zero-order valence-corrected chi connectivity index (χ0v) is 10.7. The topological polar surface area (TPSA) is 35.2 Å². The molecular formula is C14H19F2NO. The van der Waals surface area contributed by atoms with E-state index in [9.17, 15) is 8.78 Å². The van der Waals surface area contributed by atoms with Crippen LogP contribution in [0.2, 0.25) is 0 Å². The normalized spacial score (nSPS) is 25.4. The van der Waals surface area contributed by atoms with E-state index in [4.69, 9.17) is 10.5 Å². The summed E-state index contributed by atoms with van der Waals surface area (Å²) in [5, 5.41) is 0. The molecule has 0 aromatic heterocycles. The van der Waals surface area contributed by atoms with Gasteiger partial charge in [-0.25, -0.2) is 8.78 Å². The number of aryl methyl sites for hydroxylation is 1. The molecule has 3 unspecified atom stereocenters. The second-order valence-corrected chi connectivity index (χ2v) is 4.92. The number of ether oxygens (including phenoxy) is 1. The van der Waals surface area contributed by atoms with E-state index < -0.39 is 17.7 Å². The molecule has 100 valence electrons. The summed E-state index contributed by atoms with van der Waals surface area (Å²) in [5.41, 5.74) is 6.96. The first-order valence-electron chi connectivity index (χ1n) is 6.37. The summed E-state index contributed by atoms with van der Waals surface area (Å²) in [6, 6.07) is 2.00. The third-order valence-electron chi connectivity index (χ3n) is 3.76. The Morgan fingerprint density at radius 1 is 1.39 bits per heavy atom. The van der Waals surface area contributed by atoms with Gasteiger partial charge in [0.15, 0.2) is 0 Å². The molecule has 3 atom stereocenters. The molecular weight excluding hydrogens is 236 g/mol. The van der Waals surface area contributed by atoms with Crippen LogP contribution in [0.1, 0.15) is 36.9 Å². The molecule has 2 N–H and O–H groups in total. The van der Waals surface area contributed by atoms with Crippen LogP contribution in [0.15, 0.2) is 12.1 Å². The number of nitrogens with two attached hydrogens (primary N) is 1. The predicted molar refractivity (Wildman–Crippen MR) is 66.2 cm³/mol. The molecule has 1 aromatic rings. The monoisotopic (exact) mass is 255 g/mol. The van der Waals surface area contributed by atoms with Crippen LogP contribution in [0.5, 0.6) is 0 Å². The molecule has 0 saturated carbocycles. The average molecular weight is 255 g/mol. The van der Waals surface area contributed by atoms with Gasteiger partial charge in [0.25, 0.3) is 0 Å². The molecule has 1 fully saturated rings. The standard InChI is InChI=1S/C14H19F2NO/c1-3-13-9(4-5-18-13)14(17)10-6-8(2)11(15)7-12(10)16/h6-7,9,13-14H,3-5,17H2,1-2H3. The Morgan fingerprint density at radius 2 is 2.11 bits per heavy atom. The largest absolute Gasteiger partial charge is 0.378 e. The van der Waals surface area contributed by atoms with Gasteiger partial charge in [0, 0.05) is 30.2 Å². The zero-order valence-electron chi connectivity index (χ0n) is 10.7. The smallest absolute Gasteiger partial charge is 0.130 e. The Hall–Kier alpha value is -1.00. The molecule has 0 aliphatic carbocycles. The molecule has 1 heterocycles. The molecule has 18 heavy (non-hydrogen) atoms. The first kappa shape index (κ1) is 13.4. The maximum Gasteiger partial charge on any atom is 0.130 e. The van der Waals surface area contributed by atoms with E-state index in [0.29, 0.717) is 17.7 Å². The van der Waals surface area contributed by atoms with Crippen LogP contribution in [0, 0.1) is 24.5 Å². The van der Waals surface area contributed by atoms with E-state index in [1.165, 1.54) is 6.07 Å². The lowest BCUT2D eigenvalue weighted by Crippen LogP contribution is -2.28. The van der Waals surface area contributed by atoms with Crippen molar-refractivity contribution in [1.82, 2.24) is 0 Å². The van der Waals surface area contributed by atoms with Crippen LogP contribution >= 0.6 is 0 Å². The van der Waals surface area contributed by atoms with Crippen molar-refractivity contribution in [3.8, 4) is 0 Å². The summed E-state index contributed by atoms with van der Waals surface area (Å²) in [7, 11) is 0. The highest BCUT2D eigenvalue weighted by Crippen LogP contribution is 2.34. The number of halogens is 2. The van der Waals surface area contributed by atoms with Crippen LogP contribution in [0.4, 0.5) is 8.78 Å². The third-order valence-corrected chi connectivity index (χ3v) is 3.76. The van der Waals surface area contributed by atoms with E-state index in [2.05, 4.69) is 0 Å². The minimum absolute atomic E-state index is 0.0739. The van der Waals surface area contributed by atoms with Gasteiger partial charge >= 0.3 is 0 Å². The van der Waals surface area contributed by atoms with Crippen LogP contribution in [0.25, 0.3) is 0 Å². The van der Waals surface area contributed by atoms with E-state index in [-0.39, 0.29) is 12.0 Å². The Labute approximate surface area is 106 Å². The summed E-state index contributed by atoms with van der Waals surface area (Å²) < 4.78 is 32.6. The van der Waals surface area contributed by atoms with Gasteiger partial charge in [-0.05, 0) is 31.4 Å². The Morgan fingerprint density at radius 3 is 2.78 bits per heavy atom. The number of benzene rings is 1. The lowest BCUT2D eigenvalue weighted by Gasteiger charge is -2.24. The second-order valence-electron chi connectivity index (χ2n) is 4.92. The SMILES string of the molecule is CCC1OCCC1C(N)c1cc(C)c(F)cc1F. The lowest BCUT2D eigenvalue weighted by atomic mass is 9.86. The number of hydrogen-bond acceptors (Lipinski definition) is 2. The average Bonchev–Trinajstić information content (AvgIpc) is 2.81. The molecule has 4 heteroatoms. The molecule has 0 radical (unpaired) electrons. The summed E-state index contributed by atoms with van der Waals surface area (Å²) in [6.07, 6.45) is 1.76. The minimum atomic E-state index is -0.563. The summed E-state index contributed by atoms with van der Waals surface area (Å²) in [6.45, 7) is 4.31. The minimum Gasteiger partial charge on any atom is -0.378 e. The maximum atomic E-state index is 13.8. The zero-order chi connectivity index (χ0) is 13.3. The summed E-state index contributed by atoms with van der Waals surface area (Å²) in [5.74, 6) is -0.986. The Bertz CT molecular complexity index is 436. The van der Waals surface area contributed by atoms with Gasteiger partial charge in [-0.3, -0.25) is 0 Å². The lowest BCUT2D eigenvalue weighted by molar-refractivity contribution is 0.0810. The van der Waals surface area contributed by atoms with Crippen LogP contribution in [-0.2, 0) is 4.74 Å². The van der Waals surface area contributed by atoms with Crippen molar-refractivity contribution in [2.45, 2.75) is 38.8 Å². The quantitative estimate of drug-likeness (QED) is 0.900. The highest BCUT2D eigenvalue weighted by atomic mass is 19.1. The van der Waals surface area contributed by atoms with Gasteiger partial charge < -0.3 is 10.5 Å². The molecule has 0 spiro atoms. The molecule has 1 aliphatic heterocycles. The van der Waals surface area contributed by atoms with Crippen molar-refractivity contribution in [2.24, 2.45) is 11.7 Å². The van der Waals surface area contributed by atoms with Crippen LogP contribution in [0.3, 0.4) is 0 Å². The van der Waals surface area contributed by atoms with Crippen LogP contribution < -0.4 is 5.73 Å². The second kappa shape index (κ2) is 5.33. The molecule has 0 amide bonds. The fourth-order valence-electron chi connectivity index (χ4n) is 2.66. The fraction of sp³-hybridized carbons (Fsp3) is 0.571. The van der Waals surface area contributed by atoms with Crippen LogP contribution in [-0.4, -0.2) is 12.7 Å². The maximum absolute atomic E-state index is 13.8. The fourth-order valence-corrected chi connectivity index (χ4v) is 2.66. The molecule has 0 bridgehead atoms. The van der Waals surface area contributed by atoms with Crippen molar-refractivity contribution in [3.63, 3.8) is 0 Å². The Balaban J connectivity index is 2.28. The van der Waals surface area contributed by atoms with Crippen molar-refractivity contribution < 1.29 is 13.5 Å². The van der Waals surface area contributed by atoms with Crippen molar-refractivity contribution >= 4 is 0 Å². The molecule has 1 aromatic carbocycles. The molecule has 2 rings (SSSR count). The number of rotatable bonds is 3. The van der Waals surface area contributed by atoms with Gasteiger partial charge in [-0.2, -0.15) is 0 Å². The first-order valence-corrected chi connectivity index (χ1v) is 6.37.